The van der Waals surface area contributed by atoms with Gasteiger partial charge >= 0.3 is 6.01 Å². The number of nitrogens with zero attached hydrogens (tertiary/aromatic N) is 6. The molecule has 7 aliphatic rings. The minimum Gasteiger partial charge on any atom is -0.461 e. The van der Waals surface area contributed by atoms with Crippen LogP contribution in [-0.4, -0.2) is 87.3 Å². The topological polar surface area (TPSA) is 104 Å². The van der Waals surface area contributed by atoms with Crippen molar-refractivity contribution >= 4 is 28.3 Å². The highest BCUT2D eigenvalue weighted by Gasteiger charge is 2.50. The van der Waals surface area contributed by atoms with Gasteiger partial charge in [-0.1, -0.05) is 0 Å². The zero-order valence-corrected chi connectivity index (χ0v) is 26.7. The summed E-state index contributed by atoms with van der Waals surface area (Å²) < 4.78 is 44.3. The number of aromatic nitrogens is 4. The third kappa shape index (κ3) is 4.97. The van der Waals surface area contributed by atoms with Crippen molar-refractivity contribution < 1.29 is 17.9 Å². The van der Waals surface area contributed by atoms with Gasteiger partial charge < -0.3 is 14.1 Å². The van der Waals surface area contributed by atoms with Gasteiger partial charge in [-0.05, 0) is 62.8 Å². The Kier molecular flexibility index (Phi) is 7.36. The molecule has 1 saturated carbocycles. The van der Waals surface area contributed by atoms with E-state index >= 15 is 4.39 Å². The lowest BCUT2D eigenvalue weighted by Crippen LogP contribution is -2.45. The summed E-state index contributed by atoms with van der Waals surface area (Å²) in [5.74, 6) is 2.00. The van der Waals surface area contributed by atoms with E-state index in [9.17, 15) is 4.39 Å². The molecule has 3 aromatic heterocycles. The van der Waals surface area contributed by atoms with Crippen molar-refractivity contribution in [2.24, 2.45) is 17.8 Å². The van der Waals surface area contributed by atoms with Gasteiger partial charge in [0.2, 0.25) is 0 Å². The first-order valence-electron chi connectivity index (χ1n) is 17.1. The van der Waals surface area contributed by atoms with Crippen molar-refractivity contribution in [1.82, 2.24) is 35.7 Å². The molecule has 13 heteroatoms. The van der Waals surface area contributed by atoms with E-state index in [0.29, 0.717) is 54.6 Å². The molecule has 5 unspecified atom stereocenters. The predicted octanol–water partition coefficient (Wildman–Crippen LogP) is 4.32. The predicted molar refractivity (Wildman–Crippen MR) is 168 cm³/mol. The highest BCUT2D eigenvalue weighted by molar-refractivity contribution is 6.21. The number of alkyl halides is 2. The van der Waals surface area contributed by atoms with Crippen LogP contribution >= 0.6 is 11.6 Å². The Labute approximate surface area is 272 Å². The molecule has 10 rings (SSSR count). The van der Waals surface area contributed by atoms with Crippen molar-refractivity contribution in [3.8, 4) is 6.01 Å². The van der Waals surface area contributed by atoms with Crippen molar-refractivity contribution in [3.05, 3.63) is 35.6 Å². The van der Waals surface area contributed by atoms with Crippen LogP contribution in [0.5, 0.6) is 6.01 Å². The second kappa shape index (κ2) is 11.5. The Bertz CT molecular complexity index is 1630. The molecule has 0 spiro atoms. The Hall–Kier alpha value is -2.67. The number of piperidine rings is 1. The zero-order valence-electron chi connectivity index (χ0n) is 25.9. The highest BCUT2D eigenvalue weighted by atomic mass is 35.5. The maximum atomic E-state index is 17.1. The van der Waals surface area contributed by atoms with E-state index in [1.54, 1.807) is 6.20 Å². The van der Waals surface area contributed by atoms with Crippen LogP contribution in [0.25, 0.3) is 10.9 Å². The average Bonchev–Trinajstić information content (AvgIpc) is 3.83. The Balaban J connectivity index is 1.16. The van der Waals surface area contributed by atoms with Crippen molar-refractivity contribution in [2.75, 3.05) is 44.2 Å². The summed E-state index contributed by atoms with van der Waals surface area (Å²) in [6.07, 6.45) is 10.1. The fraction of sp³-hybridized carbons (Fsp3) is 0.697. The lowest BCUT2D eigenvalue weighted by molar-refractivity contribution is 0.107. The minimum absolute atomic E-state index is 0.0315. The van der Waals surface area contributed by atoms with E-state index in [1.165, 1.54) is 0 Å². The normalized spacial score (nSPS) is 35.9. The zero-order chi connectivity index (χ0) is 31.0. The van der Waals surface area contributed by atoms with Crippen LogP contribution in [0, 0.1) is 23.6 Å². The maximum Gasteiger partial charge on any atom is 0.319 e. The molecule has 0 aromatic carbocycles. The van der Waals surface area contributed by atoms with Gasteiger partial charge in [-0.25, -0.2) is 13.8 Å². The molecule has 46 heavy (non-hydrogen) atoms. The molecule has 6 aliphatic heterocycles. The number of hydrogen-bond donors (Lipinski definition) is 2. The van der Waals surface area contributed by atoms with E-state index in [4.69, 9.17) is 35.7 Å². The van der Waals surface area contributed by atoms with Crippen LogP contribution in [0.2, 0.25) is 0 Å². The number of aryl methyl sites for hydroxylation is 1. The Morgan fingerprint density at radius 3 is 2.98 bits per heavy atom. The molecule has 8 atom stereocenters. The molecule has 9 heterocycles. The molecule has 10 nitrogen and oxygen atoms in total. The first kappa shape index (κ1) is 29.5. The molecule has 246 valence electrons. The largest absolute Gasteiger partial charge is 0.461 e. The van der Waals surface area contributed by atoms with Crippen LogP contribution in [0.3, 0.4) is 0 Å². The van der Waals surface area contributed by atoms with Gasteiger partial charge in [-0.2, -0.15) is 9.97 Å². The fourth-order valence-corrected chi connectivity index (χ4v) is 10.1. The molecule has 0 radical (unpaired) electrons. The summed E-state index contributed by atoms with van der Waals surface area (Å²) in [5, 5.41) is 0.413. The van der Waals surface area contributed by atoms with E-state index in [1.807, 2.05) is 6.20 Å². The van der Waals surface area contributed by atoms with Crippen LogP contribution in [0.15, 0.2) is 16.8 Å². The molecule has 2 N–H and O–H groups in total. The van der Waals surface area contributed by atoms with E-state index in [-0.39, 0.29) is 52.8 Å². The second-order valence-corrected chi connectivity index (χ2v) is 15.1. The van der Waals surface area contributed by atoms with Gasteiger partial charge in [0, 0.05) is 69.0 Å². The van der Waals surface area contributed by atoms with E-state index < -0.39 is 12.0 Å². The number of halogens is 3. The average molecular weight is 655 g/mol. The Morgan fingerprint density at radius 1 is 1.11 bits per heavy atom. The van der Waals surface area contributed by atoms with E-state index in [2.05, 4.69) is 25.6 Å². The number of ether oxygens (including phenoxy) is 1. The highest BCUT2D eigenvalue weighted by Crippen LogP contribution is 2.48. The number of hydrogen-bond acceptors (Lipinski definition) is 10. The van der Waals surface area contributed by atoms with Crippen molar-refractivity contribution in [3.63, 3.8) is 0 Å². The van der Waals surface area contributed by atoms with Gasteiger partial charge in [0.25, 0.3) is 0 Å². The second-order valence-electron chi connectivity index (χ2n) is 14.6. The number of pyridine rings is 1. The SMILES string of the molecule is Fc1c2ncc3c(nc(OC[C@@]45CCCN4C[C@H](F)C5)nc13)N1CCC[C@@H](Cc3cnc(o3)CCC3C(Cl)CC4NNCC4C23)C1. The summed E-state index contributed by atoms with van der Waals surface area (Å²) in [4.78, 5) is 23.6. The smallest absolute Gasteiger partial charge is 0.319 e. The fourth-order valence-electron chi connectivity index (χ4n) is 9.67. The quantitative estimate of drug-likeness (QED) is 0.397. The van der Waals surface area contributed by atoms with Gasteiger partial charge in [0.05, 0.1) is 22.8 Å². The van der Waals surface area contributed by atoms with Crippen LogP contribution in [0.1, 0.15) is 68.2 Å². The van der Waals surface area contributed by atoms with Crippen molar-refractivity contribution in [2.45, 2.75) is 86.8 Å². The molecule has 1 aliphatic carbocycles. The third-order valence-electron chi connectivity index (χ3n) is 11.8. The van der Waals surface area contributed by atoms with Crippen LogP contribution < -0.4 is 20.5 Å². The summed E-state index contributed by atoms with van der Waals surface area (Å²) >= 11 is 7.12. The molecule has 0 amide bonds. The molecular weight excluding hydrogens is 614 g/mol. The Morgan fingerprint density at radius 2 is 2.04 bits per heavy atom. The van der Waals surface area contributed by atoms with Crippen LogP contribution in [0.4, 0.5) is 14.6 Å². The summed E-state index contributed by atoms with van der Waals surface area (Å²) in [5.41, 5.74) is 6.94. The first-order valence-corrected chi connectivity index (χ1v) is 17.6. The van der Waals surface area contributed by atoms with Crippen molar-refractivity contribution in [1.29, 1.82) is 0 Å². The first-order chi connectivity index (χ1) is 22.4. The monoisotopic (exact) mass is 654 g/mol. The third-order valence-corrected chi connectivity index (χ3v) is 12.3. The number of nitrogens with one attached hydrogen (secondary N) is 2. The lowest BCUT2D eigenvalue weighted by atomic mass is 9.66. The molecular formula is C33H41ClF2N8O2. The summed E-state index contributed by atoms with van der Waals surface area (Å²) in [6, 6.07) is 0.256. The number of anilines is 1. The molecule has 4 saturated heterocycles. The summed E-state index contributed by atoms with van der Waals surface area (Å²) in [6.45, 7) is 3.82. The molecule has 8 bridgehead atoms. The maximum absolute atomic E-state index is 17.1. The van der Waals surface area contributed by atoms with Gasteiger partial charge in [0.1, 0.15) is 29.9 Å². The molecule has 5 fully saturated rings. The standard InChI is InChI=1S/C33H41ClF2N8O2/c34-24-10-25-22(14-39-42-25)27-21(24)4-5-26-37-12-20(46-26)9-18-3-1-7-43(15-18)31-23-13-38-30(27)28(36)29(23)40-32(41-31)45-17-33-6-2-8-44(33)16-19(35)11-33/h12-13,18-19,21-22,24-25,27,39,42H,1-11,14-17H2/t18-,19+,21?,22?,24?,25?,27?,33-/m0/s1. The minimum atomic E-state index is -0.863. The number of fused-ring (bicyclic) bond motifs is 4. The van der Waals surface area contributed by atoms with E-state index in [0.717, 1.165) is 70.3 Å². The number of oxazole rings is 1. The van der Waals surface area contributed by atoms with Crippen LogP contribution in [-0.2, 0) is 12.8 Å². The number of hydrazine groups is 1. The van der Waals surface area contributed by atoms with Gasteiger partial charge in [-0.15, -0.1) is 11.6 Å². The molecule has 3 aromatic rings. The lowest BCUT2D eigenvalue weighted by Gasteiger charge is -2.42. The number of rotatable bonds is 3. The summed E-state index contributed by atoms with van der Waals surface area (Å²) in [7, 11) is 0. The van der Waals surface area contributed by atoms with Gasteiger partial charge in [0.15, 0.2) is 11.7 Å². The van der Waals surface area contributed by atoms with Gasteiger partial charge in [-0.3, -0.25) is 20.7 Å².